The van der Waals surface area contributed by atoms with E-state index in [-0.39, 0.29) is 5.91 Å². The van der Waals surface area contributed by atoms with E-state index in [2.05, 4.69) is 27.4 Å². The second-order valence-corrected chi connectivity index (χ2v) is 10.7. The van der Waals surface area contributed by atoms with Gasteiger partial charge >= 0.3 is 0 Å². The Bertz CT molecular complexity index is 1510. The van der Waals surface area contributed by atoms with Crippen molar-refractivity contribution in [3.05, 3.63) is 65.9 Å². The van der Waals surface area contributed by atoms with E-state index in [4.69, 9.17) is 9.72 Å². The molecule has 1 aliphatic heterocycles. The number of nitrogens with one attached hydrogen (secondary N) is 1. The molecule has 2 aromatic carbocycles. The molecule has 4 aromatic rings. The fourth-order valence-corrected chi connectivity index (χ4v) is 5.20. The summed E-state index contributed by atoms with van der Waals surface area (Å²) in [5, 5.41) is 7.94. The van der Waals surface area contributed by atoms with E-state index < -0.39 is 13.0 Å². The third-order valence-corrected chi connectivity index (χ3v) is 7.64. The summed E-state index contributed by atoms with van der Waals surface area (Å²) >= 11 is 1.56. The van der Waals surface area contributed by atoms with E-state index in [0.29, 0.717) is 29.5 Å². The predicted molar refractivity (Wildman–Crippen MR) is 154 cm³/mol. The molecule has 0 saturated carbocycles. The summed E-state index contributed by atoms with van der Waals surface area (Å²) in [5.41, 5.74) is 5.39. The zero-order chi connectivity index (χ0) is 28.2. The van der Waals surface area contributed by atoms with E-state index in [1.165, 1.54) is 11.1 Å². The fraction of sp³-hybridized carbons (Fsp3) is 0.345. The summed E-state index contributed by atoms with van der Waals surface area (Å²) in [4.78, 5) is 21.7. The van der Waals surface area contributed by atoms with Crippen LogP contribution in [-0.4, -0.2) is 83.3 Å². The van der Waals surface area contributed by atoms with Crippen molar-refractivity contribution in [3.63, 3.8) is 0 Å². The Kier molecular flexibility index (Phi) is 8.51. The highest BCUT2D eigenvalue weighted by Gasteiger charge is 2.19. The summed E-state index contributed by atoms with van der Waals surface area (Å²) in [5.74, 6) is 0.907. The molecule has 40 heavy (non-hydrogen) atoms. The van der Waals surface area contributed by atoms with Gasteiger partial charge in [-0.25, -0.2) is 13.3 Å². The Balaban J connectivity index is 1.38. The van der Waals surface area contributed by atoms with E-state index >= 15 is 0 Å². The molecule has 0 aliphatic carbocycles. The largest absolute Gasteiger partial charge is 0.487 e. The monoisotopic (exact) mass is 566 g/mol. The van der Waals surface area contributed by atoms with Crippen LogP contribution in [0.2, 0.25) is 0 Å². The van der Waals surface area contributed by atoms with Gasteiger partial charge in [0.25, 0.3) is 6.43 Å². The Morgan fingerprint density at radius 2 is 1.90 bits per heavy atom. The first-order valence-electron chi connectivity index (χ1n) is 13.1. The number of pyridine rings is 1. The van der Waals surface area contributed by atoms with Gasteiger partial charge in [0.2, 0.25) is 11.9 Å². The molecule has 0 fully saturated rings. The summed E-state index contributed by atoms with van der Waals surface area (Å²) < 4.78 is 32.9. The van der Waals surface area contributed by atoms with Crippen LogP contribution in [0, 0.1) is 0 Å². The molecule has 3 heterocycles. The zero-order valence-corrected chi connectivity index (χ0v) is 23.5. The number of thioether (sulfide) groups is 1. The number of aromatic nitrogens is 3. The number of carbonyl (C=O) groups is 1. The number of rotatable bonds is 9. The normalized spacial score (nSPS) is 13.8. The van der Waals surface area contributed by atoms with Crippen LogP contribution < -0.4 is 10.1 Å². The number of hydrogen-bond donors (Lipinski definition) is 1. The molecule has 0 unspecified atom stereocenters. The number of nitrogens with zero attached hydrogens (tertiary/aromatic N) is 5. The lowest BCUT2D eigenvalue weighted by atomic mass is 10.0. The topological polar surface area (TPSA) is 75.0 Å². The molecule has 8 nitrogen and oxygen atoms in total. The molecular formula is C29H32F2N6O2S. The van der Waals surface area contributed by atoms with Crippen molar-refractivity contribution in [2.24, 2.45) is 0 Å². The number of amides is 1. The molecule has 0 saturated heterocycles. The van der Waals surface area contributed by atoms with Crippen LogP contribution in [0.1, 0.15) is 11.1 Å². The van der Waals surface area contributed by atoms with Crippen molar-refractivity contribution < 1.29 is 18.3 Å². The first-order valence-corrected chi connectivity index (χ1v) is 14.3. The van der Waals surface area contributed by atoms with Gasteiger partial charge < -0.3 is 15.0 Å². The lowest BCUT2D eigenvalue weighted by Crippen LogP contribution is -2.37. The van der Waals surface area contributed by atoms with Crippen LogP contribution in [0.5, 0.6) is 5.75 Å². The van der Waals surface area contributed by atoms with Crippen molar-refractivity contribution in [1.29, 1.82) is 0 Å². The van der Waals surface area contributed by atoms with Gasteiger partial charge in [-0.05, 0) is 72.7 Å². The molecule has 0 atom stereocenters. The van der Waals surface area contributed by atoms with Crippen LogP contribution in [0.3, 0.4) is 0 Å². The minimum Gasteiger partial charge on any atom is -0.487 e. The maximum absolute atomic E-state index is 12.9. The number of halogens is 2. The second-order valence-electron chi connectivity index (χ2n) is 9.86. The lowest BCUT2D eigenvalue weighted by Gasteiger charge is -2.21. The van der Waals surface area contributed by atoms with Crippen LogP contribution >= 0.6 is 11.8 Å². The molecule has 0 spiro atoms. The minimum atomic E-state index is -2.57. The second kappa shape index (κ2) is 12.2. The maximum atomic E-state index is 12.9. The quantitative estimate of drug-likeness (QED) is 0.286. The van der Waals surface area contributed by atoms with Crippen LogP contribution in [-0.2, 0) is 17.6 Å². The zero-order valence-electron chi connectivity index (χ0n) is 22.7. The molecule has 2 aromatic heterocycles. The molecule has 5 rings (SSSR count). The first-order chi connectivity index (χ1) is 19.3. The van der Waals surface area contributed by atoms with Crippen molar-refractivity contribution >= 4 is 35.0 Å². The summed E-state index contributed by atoms with van der Waals surface area (Å²) in [7, 11) is 3.56. The van der Waals surface area contributed by atoms with E-state index in [1.807, 2.05) is 36.6 Å². The van der Waals surface area contributed by atoms with Crippen molar-refractivity contribution in [3.8, 4) is 16.9 Å². The van der Waals surface area contributed by atoms with Gasteiger partial charge in [0.15, 0.2) is 5.65 Å². The molecule has 1 aliphatic rings. The third kappa shape index (κ3) is 6.37. The maximum Gasteiger partial charge on any atom is 0.272 e. The number of ether oxygens (including phenoxy) is 1. The molecular weight excluding hydrogens is 534 g/mol. The van der Waals surface area contributed by atoms with E-state index in [1.54, 1.807) is 47.5 Å². The van der Waals surface area contributed by atoms with Gasteiger partial charge in [0.1, 0.15) is 12.4 Å². The number of carbonyl (C=O) groups excluding carboxylic acids is 1. The first kappa shape index (κ1) is 27.9. The minimum absolute atomic E-state index is 0.110. The highest BCUT2D eigenvalue weighted by Crippen LogP contribution is 2.36. The Labute approximate surface area is 236 Å². The Morgan fingerprint density at radius 3 is 2.65 bits per heavy atom. The molecule has 1 amide bonds. The van der Waals surface area contributed by atoms with Gasteiger partial charge in [0, 0.05) is 55.1 Å². The summed E-state index contributed by atoms with van der Waals surface area (Å²) in [6.45, 7) is 1.40. The van der Waals surface area contributed by atoms with Crippen molar-refractivity contribution in [1.82, 2.24) is 24.4 Å². The SMILES string of the molecule is CSc1ccc(OCC(F)F)c(-c2cccn3nc(Nc4ccc5c(c4)CCN(CC(=O)N(C)C)CC5)nc23)c1. The summed E-state index contributed by atoms with van der Waals surface area (Å²) in [6.07, 6.45) is 2.92. The average Bonchev–Trinajstić information content (AvgIpc) is 3.25. The Morgan fingerprint density at radius 1 is 1.10 bits per heavy atom. The van der Waals surface area contributed by atoms with Crippen molar-refractivity contribution in [2.45, 2.75) is 24.2 Å². The molecule has 11 heteroatoms. The molecule has 210 valence electrons. The predicted octanol–water partition coefficient (Wildman–Crippen LogP) is 4.99. The number of anilines is 2. The summed E-state index contributed by atoms with van der Waals surface area (Å²) in [6, 6.07) is 15.5. The highest BCUT2D eigenvalue weighted by atomic mass is 32.2. The van der Waals surface area contributed by atoms with Gasteiger partial charge in [-0.3, -0.25) is 9.69 Å². The van der Waals surface area contributed by atoms with E-state index in [0.717, 1.165) is 42.1 Å². The van der Waals surface area contributed by atoms with Crippen LogP contribution in [0.4, 0.5) is 20.4 Å². The number of likely N-dealkylation sites (N-methyl/N-ethyl adjacent to an activating group) is 1. The third-order valence-electron chi connectivity index (χ3n) is 6.92. The number of hydrogen-bond acceptors (Lipinski definition) is 7. The fourth-order valence-electron chi connectivity index (χ4n) is 4.76. The average molecular weight is 567 g/mol. The van der Waals surface area contributed by atoms with Gasteiger partial charge in [-0.2, -0.15) is 4.98 Å². The Hall–Kier alpha value is -3.70. The standard InChI is InChI=1S/C29H32F2N6O2S/c1-35(2)27(38)17-36-13-10-19-6-7-21(15-20(19)11-14-36)32-29-33-28-23(5-4-12-37(28)34-29)24-16-22(40-3)8-9-25(24)39-18-26(30)31/h4-9,12,15-16,26H,10-11,13-14,17-18H2,1-3H3,(H,32,34). The van der Waals surface area contributed by atoms with Gasteiger partial charge in [0.05, 0.1) is 6.54 Å². The molecule has 0 radical (unpaired) electrons. The lowest BCUT2D eigenvalue weighted by molar-refractivity contribution is -0.129. The number of fused-ring (bicyclic) bond motifs is 2. The number of benzene rings is 2. The van der Waals surface area contributed by atoms with Crippen LogP contribution in [0.25, 0.3) is 16.8 Å². The van der Waals surface area contributed by atoms with Crippen molar-refractivity contribution in [2.75, 3.05) is 51.9 Å². The number of alkyl halides is 2. The molecule has 1 N–H and O–H groups in total. The van der Waals surface area contributed by atoms with Crippen LogP contribution in [0.15, 0.2) is 59.6 Å². The molecule has 0 bridgehead atoms. The van der Waals surface area contributed by atoms with Gasteiger partial charge in [-0.15, -0.1) is 16.9 Å². The van der Waals surface area contributed by atoms with Gasteiger partial charge in [-0.1, -0.05) is 6.07 Å². The smallest absolute Gasteiger partial charge is 0.272 e. The highest BCUT2D eigenvalue weighted by molar-refractivity contribution is 7.98. The van der Waals surface area contributed by atoms with E-state index in [9.17, 15) is 13.6 Å².